The molecular formula is C40H54N8O2S2. The van der Waals surface area contributed by atoms with Crippen LogP contribution in [0.3, 0.4) is 0 Å². The van der Waals surface area contributed by atoms with Gasteiger partial charge in [0.1, 0.15) is 11.6 Å². The highest BCUT2D eigenvalue weighted by molar-refractivity contribution is 8.76. The molecule has 4 atom stereocenters. The van der Waals surface area contributed by atoms with Gasteiger partial charge in [-0.2, -0.15) is 0 Å². The summed E-state index contributed by atoms with van der Waals surface area (Å²) < 4.78 is 4.43. The smallest absolute Gasteiger partial charge is 0.241 e. The minimum Gasteiger partial charge on any atom is -0.331 e. The summed E-state index contributed by atoms with van der Waals surface area (Å²) in [4.78, 5) is 41.7. The molecule has 0 saturated carbocycles. The van der Waals surface area contributed by atoms with Crippen LogP contribution < -0.4 is 11.5 Å². The first-order chi connectivity index (χ1) is 25.2. The third-order valence-electron chi connectivity index (χ3n) is 10.4. The Bertz CT molecular complexity index is 1710. The van der Waals surface area contributed by atoms with Gasteiger partial charge in [-0.15, -0.1) is 0 Å². The van der Waals surface area contributed by atoms with Crippen LogP contribution >= 0.6 is 21.6 Å². The summed E-state index contributed by atoms with van der Waals surface area (Å²) in [7, 11) is 3.03. The van der Waals surface area contributed by atoms with Crippen LogP contribution in [-0.4, -0.2) is 77.4 Å². The molecule has 10 nitrogen and oxygen atoms in total. The van der Waals surface area contributed by atoms with Crippen molar-refractivity contribution in [2.75, 3.05) is 24.6 Å². The van der Waals surface area contributed by atoms with E-state index in [9.17, 15) is 9.59 Å². The van der Waals surface area contributed by atoms with E-state index < -0.39 is 12.1 Å². The third-order valence-corrected chi connectivity index (χ3v) is 12.9. The highest BCUT2D eigenvalue weighted by Crippen LogP contribution is 2.36. The second-order valence-electron chi connectivity index (χ2n) is 14.1. The Morgan fingerprint density at radius 1 is 0.692 bits per heavy atom. The van der Waals surface area contributed by atoms with Gasteiger partial charge in [-0.1, -0.05) is 110 Å². The summed E-state index contributed by atoms with van der Waals surface area (Å²) in [6.45, 7) is 11.1. The lowest BCUT2D eigenvalue weighted by Crippen LogP contribution is -2.50. The molecule has 2 aromatic carbocycles. The van der Waals surface area contributed by atoms with E-state index in [1.54, 1.807) is 0 Å². The minimum absolute atomic E-state index is 0.0473. The predicted molar refractivity (Wildman–Crippen MR) is 214 cm³/mol. The number of aromatic nitrogens is 4. The second-order valence-corrected chi connectivity index (χ2v) is 16.7. The molecule has 0 radical (unpaired) electrons. The highest BCUT2D eigenvalue weighted by Gasteiger charge is 2.36. The molecule has 2 aromatic heterocycles. The summed E-state index contributed by atoms with van der Waals surface area (Å²) in [5, 5.41) is 0. The minimum atomic E-state index is -0.660. The maximum absolute atomic E-state index is 13.8. The predicted octanol–water partition coefficient (Wildman–Crippen LogP) is 6.91. The molecule has 0 spiro atoms. The molecule has 12 heteroatoms. The molecule has 4 N–H and O–H groups in total. The van der Waals surface area contributed by atoms with E-state index in [1.807, 2.05) is 34.1 Å². The zero-order chi connectivity index (χ0) is 36.8. The Morgan fingerprint density at radius 3 is 1.48 bits per heavy atom. The quantitative estimate of drug-likeness (QED) is 0.0994. The van der Waals surface area contributed by atoms with Gasteiger partial charge in [-0.05, 0) is 37.8 Å². The molecule has 2 aliphatic heterocycles. The van der Waals surface area contributed by atoms with Crippen molar-refractivity contribution in [2.24, 2.45) is 11.5 Å². The number of rotatable bonds is 15. The molecule has 278 valence electrons. The monoisotopic (exact) mass is 742 g/mol. The Kier molecular flexibility index (Phi) is 12.8. The Balaban J connectivity index is 1.05. The van der Waals surface area contributed by atoms with Gasteiger partial charge in [0, 0.05) is 61.2 Å². The topological polar surface area (TPSA) is 128 Å². The SMILES string of the molecule is CCCCC1c2nc(-c3ccccc3C)cn2CCN1C(=O)C(N)CSSCC(N)C(=O)N1CCn2cc(-c3ccccc3C)nc2C1CCCC. The van der Waals surface area contributed by atoms with Crippen molar-refractivity contribution in [3.8, 4) is 22.5 Å². The molecule has 0 bridgehead atoms. The summed E-state index contributed by atoms with van der Waals surface area (Å²) in [5.74, 6) is 2.66. The maximum Gasteiger partial charge on any atom is 0.241 e. The highest BCUT2D eigenvalue weighted by atomic mass is 33.1. The van der Waals surface area contributed by atoms with Crippen molar-refractivity contribution in [1.29, 1.82) is 0 Å². The number of carbonyl (C=O) groups is 2. The van der Waals surface area contributed by atoms with E-state index in [0.29, 0.717) is 37.7 Å². The number of nitrogens with two attached hydrogens (primary N) is 2. The van der Waals surface area contributed by atoms with Crippen LogP contribution in [0.15, 0.2) is 60.9 Å². The van der Waals surface area contributed by atoms with Gasteiger partial charge >= 0.3 is 0 Å². The summed E-state index contributed by atoms with van der Waals surface area (Å²) >= 11 is 0. The summed E-state index contributed by atoms with van der Waals surface area (Å²) in [5.41, 5.74) is 19.6. The van der Waals surface area contributed by atoms with Gasteiger partial charge in [-0.3, -0.25) is 9.59 Å². The summed E-state index contributed by atoms with van der Waals surface area (Å²) in [6.07, 6.45) is 10.0. The average molecular weight is 743 g/mol. The molecule has 52 heavy (non-hydrogen) atoms. The fraction of sp³-hybridized carbons (Fsp3) is 0.500. The third kappa shape index (κ3) is 8.30. The first kappa shape index (κ1) is 38.2. The molecule has 0 saturated heterocycles. The van der Waals surface area contributed by atoms with E-state index in [0.717, 1.165) is 72.7 Å². The van der Waals surface area contributed by atoms with Crippen molar-refractivity contribution in [2.45, 2.75) is 103 Å². The number of carbonyl (C=O) groups excluding carboxylic acids is 2. The van der Waals surface area contributed by atoms with Crippen LogP contribution in [0.25, 0.3) is 22.5 Å². The van der Waals surface area contributed by atoms with Crippen LogP contribution in [0.2, 0.25) is 0 Å². The molecule has 4 unspecified atom stereocenters. The number of imidazole rings is 2. The molecule has 6 rings (SSSR count). The molecule has 2 amide bonds. The molecular weight excluding hydrogens is 689 g/mol. The van der Waals surface area contributed by atoms with Crippen molar-refractivity contribution in [1.82, 2.24) is 28.9 Å². The van der Waals surface area contributed by atoms with E-state index in [-0.39, 0.29) is 23.9 Å². The van der Waals surface area contributed by atoms with Gasteiger partial charge in [0.05, 0.1) is 35.6 Å². The second kappa shape index (κ2) is 17.5. The molecule has 4 aromatic rings. The fourth-order valence-electron chi connectivity index (χ4n) is 7.46. The first-order valence-electron chi connectivity index (χ1n) is 18.8. The van der Waals surface area contributed by atoms with Crippen molar-refractivity contribution >= 4 is 33.4 Å². The number of hydrogen-bond donors (Lipinski definition) is 2. The standard InChI is InChI=1S/C40H54N8O2S2/c1-5-7-17-35-37-43-33(29-15-11-9-13-27(29)3)23-45(37)19-21-47(35)39(49)31(41)25-51-52-26-32(42)40(50)48-22-20-46-24-34(30-16-12-10-14-28(30)4)44-38(46)36(48)18-8-6-2/h9-16,23-24,31-32,35-36H,5-8,17-22,25-26,41-42H2,1-4H3. The number of aryl methyl sites for hydroxylation is 2. The van der Waals surface area contributed by atoms with Gasteiger partial charge in [0.15, 0.2) is 0 Å². The molecule has 4 heterocycles. The number of unbranched alkanes of at least 4 members (excludes halogenated alkanes) is 2. The number of hydrogen-bond acceptors (Lipinski definition) is 8. The fourth-order valence-corrected chi connectivity index (χ4v) is 9.68. The molecule has 2 aliphatic rings. The van der Waals surface area contributed by atoms with Crippen LogP contribution in [0, 0.1) is 13.8 Å². The number of amides is 2. The Hall–Kier alpha value is -3.58. The summed E-state index contributed by atoms with van der Waals surface area (Å²) in [6, 6.07) is 15.0. The van der Waals surface area contributed by atoms with Crippen molar-refractivity contribution in [3.63, 3.8) is 0 Å². The lowest BCUT2D eigenvalue weighted by atomic mass is 10.0. The van der Waals surface area contributed by atoms with E-state index in [4.69, 9.17) is 21.4 Å². The van der Waals surface area contributed by atoms with Crippen molar-refractivity contribution in [3.05, 3.63) is 83.7 Å². The van der Waals surface area contributed by atoms with Gasteiger partial charge < -0.3 is 30.4 Å². The van der Waals surface area contributed by atoms with Crippen molar-refractivity contribution < 1.29 is 9.59 Å². The largest absolute Gasteiger partial charge is 0.331 e. The van der Waals surface area contributed by atoms with E-state index >= 15 is 0 Å². The first-order valence-corrected chi connectivity index (χ1v) is 21.3. The van der Waals surface area contributed by atoms with E-state index in [2.05, 4.69) is 73.5 Å². The van der Waals surface area contributed by atoms with Crippen LogP contribution in [0.4, 0.5) is 0 Å². The normalized spacial score (nSPS) is 18.2. The maximum atomic E-state index is 13.8. The van der Waals surface area contributed by atoms with Gasteiger partial charge in [0.2, 0.25) is 11.8 Å². The molecule has 0 aliphatic carbocycles. The van der Waals surface area contributed by atoms with Crippen LogP contribution in [-0.2, 0) is 22.7 Å². The van der Waals surface area contributed by atoms with Crippen LogP contribution in [0.5, 0.6) is 0 Å². The Labute approximate surface area is 316 Å². The number of fused-ring (bicyclic) bond motifs is 2. The lowest BCUT2D eigenvalue weighted by Gasteiger charge is -2.37. The average Bonchev–Trinajstić information content (AvgIpc) is 3.79. The van der Waals surface area contributed by atoms with Crippen LogP contribution in [0.1, 0.15) is 87.2 Å². The zero-order valence-electron chi connectivity index (χ0n) is 31.0. The van der Waals surface area contributed by atoms with E-state index in [1.165, 1.54) is 32.7 Å². The zero-order valence-corrected chi connectivity index (χ0v) is 32.7. The molecule has 0 fully saturated rings. The lowest BCUT2D eigenvalue weighted by molar-refractivity contribution is -0.136. The number of benzene rings is 2. The number of nitrogens with zero attached hydrogens (tertiary/aromatic N) is 6. The van der Waals surface area contributed by atoms with Gasteiger partial charge in [0.25, 0.3) is 0 Å². The van der Waals surface area contributed by atoms with Gasteiger partial charge in [-0.25, -0.2) is 9.97 Å². The Morgan fingerprint density at radius 2 is 1.10 bits per heavy atom.